The van der Waals surface area contributed by atoms with Crippen LogP contribution in [0.1, 0.15) is 41.4 Å². The molecule has 0 aliphatic carbocycles. The molecule has 6 nitrogen and oxygen atoms in total. The Morgan fingerprint density at radius 2 is 1.68 bits per heavy atom. The third kappa shape index (κ3) is 3.12. The number of nitrogens with zero attached hydrogens (tertiary/aromatic N) is 3. The number of amides is 1. The smallest absolute Gasteiger partial charge is 0.338 e. The topological polar surface area (TPSA) is 62.7 Å². The summed E-state index contributed by atoms with van der Waals surface area (Å²) < 4.78 is 5.68. The molecule has 0 bridgehead atoms. The summed E-state index contributed by atoms with van der Waals surface area (Å²) in [6.45, 7) is 3.85. The lowest BCUT2D eigenvalue weighted by Gasteiger charge is -2.43. The van der Waals surface area contributed by atoms with Gasteiger partial charge in [0, 0.05) is 18.7 Å². The van der Waals surface area contributed by atoms with E-state index in [9.17, 15) is 9.59 Å². The number of anilines is 1. The van der Waals surface area contributed by atoms with Crippen LogP contribution >= 0.6 is 0 Å². The van der Waals surface area contributed by atoms with E-state index in [2.05, 4.69) is 4.90 Å². The van der Waals surface area contributed by atoms with Crippen molar-refractivity contribution in [3.05, 3.63) is 83.6 Å². The number of carbonyl (C=O) groups is 2. The van der Waals surface area contributed by atoms with Crippen molar-refractivity contribution in [2.24, 2.45) is 0 Å². The molecule has 1 aromatic heterocycles. The van der Waals surface area contributed by atoms with Crippen molar-refractivity contribution in [1.29, 1.82) is 0 Å². The standard InChI is InChI=1S/C28H27N3O3/c1-28-25-22(17-23(30-14-8-9-15-30)24(29-25)20-12-6-3-7-13-20)26(32)31(28)21(18-34-27(28)33)16-19-10-4-2-5-11-19/h2-7,10-13,17,21H,8-9,14-16,18H2,1H3/t21-,28-/m0/s1. The fourth-order valence-corrected chi connectivity index (χ4v) is 5.64. The molecule has 3 aliphatic rings. The molecule has 3 aromatic rings. The zero-order chi connectivity index (χ0) is 23.3. The molecule has 1 amide bonds. The highest BCUT2D eigenvalue weighted by Gasteiger charge is 2.59. The van der Waals surface area contributed by atoms with E-state index in [1.54, 1.807) is 11.8 Å². The van der Waals surface area contributed by atoms with Crippen molar-refractivity contribution >= 4 is 17.6 Å². The van der Waals surface area contributed by atoms with Crippen LogP contribution in [-0.4, -0.2) is 47.5 Å². The second-order valence-corrected chi connectivity index (χ2v) is 9.50. The molecule has 3 aliphatic heterocycles. The van der Waals surface area contributed by atoms with E-state index in [1.807, 2.05) is 66.7 Å². The first-order chi connectivity index (χ1) is 16.6. The van der Waals surface area contributed by atoms with Gasteiger partial charge < -0.3 is 14.5 Å². The number of cyclic esters (lactones) is 1. The zero-order valence-electron chi connectivity index (χ0n) is 19.2. The van der Waals surface area contributed by atoms with Gasteiger partial charge in [-0.25, -0.2) is 9.78 Å². The van der Waals surface area contributed by atoms with Crippen molar-refractivity contribution < 1.29 is 14.3 Å². The second kappa shape index (κ2) is 7.97. The van der Waals surface area contributed by atoms with E-state index in [0.717, 1.165) is 48.4 Å². The molecule has 2 saturated heterocycles. The third-order valence-corrected chi connectivity index (χ3v) is 7.37. The van der Waals surface area contributed by atoms with Crippen molar-refractivity contribution in [2.75, 3.05) is 24.6 Å². The van der Waals surface area contributed by atoms with Gasteiger partial charge in [0.25, 0.3) is 5.91 Å². The Kier molecular flexibility index (Phi) is 4.90. The molecule has 6 rings (SSSR count). The van der Waals surface area contributed by atoms with Crippen LogP contribution in [0.5, 0.6) is 0 Å². The van der Waals surface area contributed by atoms with E-state index in [4.69, 9.17) is 9.72 Å². The molecule has 0 N–H and O–H groups in total. The number of aromatic nitrogens is 1. The van der Waals surface area contributed by atoms with Crippen molar-refractivity contribution in [1.82, 2.24) is 9.88 Å². The lowest BCUT2D eigenvalue weighted by atomic mass is 9.91. The molecule has 0 unspecified atom stereocenters. The minimum Gasteiger partial charge on any atom is -0.461 e. The average Bonchev–Trinajstić information content (AvgIpc) is 3.48. The van der Waals surface area contributed by atoms with Crippen molar-refractivity contribution in [3.63, 3.8) is 0 Å². The van der Waals surface area contributed by atoms with Gasteiger partial charge in [-0.1, -0.05) is 60.7 Å². The van der Waals surface area contributed by atoms with E-state index < -0.39 is 11.5 Å². The maximum atomic E-state index is 13.9. The van der Waals surface area contributed by atoms with Gasteiger partial charge in [-0.05, 0) is 37.8 Å². The van der Waals surface area contributed by atoms with Gasteiger partial charge >= 0.3 is 5.97 Å². The van der Waals surface area contributed by atoms with Crippen LogP contribution in [0.15, 0.2) is 66.7 Å². The Balaban J connectivity index is 1.49. The minimum absolute atomic E-state index is 0.136. The molecule has 0 spiro atoms. The highest BCUT2D eigenvalue weighted by molar-refractivity contribution is 6.07. The summed E-state index contributed by atoms with van der Waals surface area (Å²) in [7, 11) is 0. The first kappa shape index (κ1) is 20.9. The quantitative estimate of drug-likeness (QED) is 0.555. The number of pyridine rings is 1. The third-order valence-electron chi connectivity index (χ3n) is 7.37. The Morgan fingerprint density at radius 3 is 2.38 bits per heavy atom. The van der Waals surface area contributed by atoms with Gasteiger partial charge in [-0.3, -0.25) is 4.79 Å². The molecular weight excluding hydrogens is 426 g/mol. The van der Waals surface area contributed by atoms with Crippen LogP contribution < -0.4 is 4.90 Å². The van der Waals surface area contributed by atoms with E-state index in [1.165, 1.54) is 0 Å². The molecule has 2 aromatic carbocycles. The molecule has 2 atom stereocenters. The van der Waals surface area contributed by atoms with Gasteiger partial charge in [0.15, 0.2) is 5.54 Å². The number of ether oxygens (including phenoxy) is 1. The first-order valence-corrected chi connectivity index (χ1v) is 12.0. The van der Waals surface area contributed by atoms with Crippen LogP contribution in [0.3, 0.4) is 0 Å². The normalized spacial score (nSPS) is 23.6. The van der Waals surface area contributed by atoms with Gasteiger partial charge in [0.05, 0.1) is 28.7 Å². The number of fused-ring (bicyclic) bond motifs is 3. The van der Waals surface area contributed by atoms with Crippen LogP contribution in [0.2, 0.25) is 0 Å². The number of hydrogen-bond acceptors (Lipinski definition) is 5. The predicted octanol–water partition coefficient (Wildman–Crippen LogP) is 4.19. The monoisotopic (exact) mass is 453 g/mol. The fraction of sp³-hybridized carbons (Fsp3) is 0.321. The summed E-state index contributed by atoms with van der Waals surface area (Å²) in [6, 6.07) is 21.8. The van der Waals surface area contributed by atoms with Gasteiger partial charge in [0.2, 0.25) is 0 Å². The fourth-order valence-electron chi connectivity index (χ4n) is 5.64. The number of carbonyl (C=O) groups excluding carboxylic acids is 2. The van der Waals surface area contributed by atoms with Crippen molar-refractivity contribution in [3.8, 4) is 11.3 Å². The molecule has 2 fully saturated rings. The van der Waals surface area contributed by atoms with Crippen LogP contribution in [-0.2, 0) is 21.5 Å². The summed E-state index contributed by atoms with van der Waals surface area (Å²) in [5.74, 6) is -0.549. The highest BCUT2D eigenvalue weighted by Crippen LogP contribution is 2.46. The summed E-state index contributed by atoms with van der Waals surface area (Å²) in [6.07, 6.45) is 2.86. The van der Waals surface area contributed by atoms with E-state index >= 15 is 0 Å². The average molecular weight is 454 g/mol. The molecule has 34 heavy (non-hydrogen) atoms. The summed E-state index contributed by atoms with van der Waals surface area (Å²) in [5, 5.41) is 0. The molecule has 0 saturated carbocycles. The zero-order valence-corrected chi connectivity index (χ0v) is 19.2. The van der Waals surface area contributed by atoms with Gasteiger partial charge in [0.1, 0.15) is 6.61 Å². The van der Waals surface area contributed by atoms with E-state index in [0.29, 0.717) is 17.7 Å². The predicted molar refractivity (Wildman–Crippen MR) is 130 cm³/mol. The Hall–Kier alpha value is -3.67. The lowest BCUT2D eigenvalue weighted by molar-refractivity contribution is -0.169. The largest absolute Gasteiger partial charge is 0.461 e. The first-order valence-electron chi connectivity index (χ1n) is 12.0. The summed E-state index contributed by atoms with van der Waals surface area (Å²) >= 11 is 0. The molecular formula is C28H27N3O3. The van der Waals surface area contributed by atoms with Crippen LogP contribution in [0.4, 0.5) is 5.69 Å². The van der Waals surface area contributed by atoms with Crippen LogP contribution in [0, 0.1) is 0 Å². The Morgan fingerprint density at radius 1 is 1.00 bits per heavy atom. The molecule has 6 heteroatoms. The van der Waals surface area contributed by atoms with Gasteiger partial charge in [-0.2, -0.15) is 0 Å². The Labute approximate surface area is 199 Å². The maximum Gasteiger partial charge on any atom is 0.338 e. The van der Waals surface area contributed by atoms with Crippen LogP contribution in [0.25, 0.3) is 11.3 Å². The SMILES string of the molecule is C[C@]12C(=O)OC[C@H](Cc3ccccc3)N1C(=O)c1cc(N3CCCC3)c(-c3ccccc3)nc12. The lowest BCUT2D eigenvalue weighted by Crippen LogP contribution is -2.59. The maximum absolute atomic E-state index is 13.9. The number of hydrogen-bond donors (Lipinski definition) is 0. The van der Waals surface area contributed by atoms with E-state index in [-0.39, 0.29) is 18.6 Å². The summed E-state index contributed by atoms with van der Waals surface area (Å²) in [4.78, 5) is 36.2. The molecule has 4 heterocycles. The number of benzene rings is 2. The number of rotatable bonds is 4. The van der Waals surface area contributed by atoms with Crippen molar-refractivity contribution in [2.45, 2.75) is 37.8 Å². The second-order valence-electron chi connectivity index (χ2n) is 9.50. The highest BCUT2D eigenvalue weighted by atomic mass is 16.5. The summed E-state index contributed by atoms with van der Waals surface area (Å²) in [5.41, 5.74) is 3.64. The number of esters is 1. The number of morpholine rings is 1. The van der Waals surface area contributed by atoms with Gasteiger partial charge in [-0.15, -0.1) is 0 Å². The minimum atomic E-state index is -1.24. The molecule has 172 valence electrons. The Bertz CT molecular complexity index is 1250. The molecule has 0 radical (unpaired) electrons.